The summed E-state index contributed by atoms with van der Waals surface area (Å²) in [5.41, 5.74) is 1.99. The van der Waals surface area contributed by atoms with Crippen molar-refractivity contribution < 1.29 is 4.79 Å². The third kappa shape index (κ3) is 4.32. The van der Waals surface area contributed by atoms with E-state index >= 15 is 0 Å². The van der Waals surface area contributed by atoms with Crippen LogP contribution in [0.1, 0.15) is 0 Å². The topological polar surface area (TPSA) is 70.7 Å². The maximum absolute atomic E-state index is 12.2. The van der Waals surface area contributed by atoms with Gasteiger partial charge in [0.1, 0.15) is 0 Å². The van der Waals surface area contributed by atoms with Gasteiger partial charge in [0, 0.05) is 19.6 Å². The Hall–Kier alpha value is -0.610. The predicted molar refractivity (Wildman–Crippen MR) is 108 cm³/mol. The summed E-state index contributed by atoms with van der Waals surface area (Å²) in [7, 11) is 0. The molecule has 2 N–H and O–H groups in total. The number of pyridine rings is 1. The molecule has 0 aliphatic carbocycles. The number of imidazole rings is 1. The second kappa shape index (κ2) is 7.74. The summed E-state index contributed by atoms with van der Waals surface area (Å²) in [4.78, 5) is 23.7. The lowest BCUT2D eigenvalue weighted by molar-refractivity contribution is -0.113. The van der Waals surface area contributed by atoms with E-state index in [0.717, 1.165) is 18.9 Å². The summed E-state index contributed by atoms with van der Waals surface area (Å²) in [6.07, 6.45) is 1.54. The molecule has 0 fully saturated rings. The van der Waals surface area contributed by atoms with Gasteiger partial charge in [-0.1, -0.05) is 39.3 Å². The van der Waals surface area contributed by atoms with Crippen LogP contribution in [0.25, 0.3) is 11.2 Å². The molecular formula is C14H8Br3ClN4OS. The number of thioether (sulfide) groups is 1. The molecule has 0 spiro atoms. The highest BCUT2D eigenvalue weighted by molar-refractivity contribution is 9.11. The zero-order valence-corrected chi connectivity index (χ0v) is 18.1. The molecule has 0 saturated carbocycles. The SMILES string of the molecule is O=C(CSc1nc2ncc(Cl)cc2[nH]1)Nc1c(Br)cc(Br)cc1Br. The normalized spacial score (nSPS) is 11.0. The van der Waals surface area contributed by atoms with Crippen LogP contribution in [0.5, 0.6) is 0 Å². The predicted octanol–water partition coefficient (Wildman–Crippen LogP) is 5.63. The van der Waals surface area contributed by atoms with Crippen LogP contribution in [0.15, 0.2) is 43.0 Å². The molecule has 2 aromatic heterocycles. The maximum atomic E-state index is 12.2. The average Bonchev–Trinajstić information content (AvgIpc) is 2.90. The Bertz CT molecular complexity index is 911. The highest BCUT2D eigenvalue weighted by Crippen LogP contribution is 2.34. The number of H-pyrrole nitrogens is 1. The van der Waals surface area contributed by atoms with Crippen molar-refractivity contribution in [1.29, 1.82) is 0 Å². The Kier molecular flexibility index (Phi) is 5.86. The molecule has 0 bridgehead atoms. The van der Waals surface area contributed by atoms with E-state index in [1.807, 2.05) is 12.1 Å². The molecule has 1 amide bonds. The number of carbonyl (C=O) groups is 1. The lowest BCUT2D eigenvalue weighted by Gasteiger charge is -2.09. The van der Waals surface area contributed by atoms with Gasteiger partial charge in [0.25, 0.3) is 0 Å². The molecule has 0 atom stereocenters. The van der Waals surface area contributed by atoms with Crippen molar-refractivity contribution in [2.45, 2.75) is 5.16 Å². The van der Waals surface area contributed by atoms with Crippen LogP contribution >= 0.6 is 71.2 Å². The van der Waals surface area contributed by atoms with Gasteiger partial charge in [-0.2, -0.15) is 0 Å². The molecule has 10 heteroatoms. The maximum Gasteiger partial charge on any atom is 0.234 e. The molecule has 0 aliphatic rings. The van der Waals surface area contributed by atoms with Crippen molar-refractivity contribution in [3.63, 3.8) is 0 Å². The Balaban J connectivity index is 1.67. The summed E-state index contributed by atoms with van der Waals surface area (Å²) in [5, 5.41) is 4.01. The van der Waals surface area contributed by atoms with Gasteiger partial charge in [-0.05, 0) is 50.1 Å². The van der Waals surface area contributed by atoms with Crippen LogP contribution in [0.2, 0.25) is 5.02 Å². The molecule has 3 rings (SSSR count). The second-order valence-corrected chi connectivity index (χ2v) is 8.67. The van der Waals surface area contributed by atoms with Crippen LogP contribution in [0.3, 0.4) is 0 Å². The number of nitrogens with one attached hydrogen (secondary N) is 2. The van der Waals surface area contributed by atoms with Gasteiger partial charge >= 0.3 is 0 Å². The van der Waals surface area contributed by atoms with Gasteiger partial charge in [-0.25, -0.2) is 9.97 Å². The highest BCUT2D eigenvalue weighted by atomic mass is 79.9. The number of hydrogen-bond donors (Lipinski definition) is 2. The van der Waals surface area contributed by atoms with Crippen LogP contribution in [0.4, 0.5) is 5.69 Å². The Morgan fingerprint density at radius 3 is 2.67 bits per heavy atom. The molecule has 24 heavy (non-hydrogen) atoms. The zero-order valence-electron chi connectivity index (χ0n) is 11.7. The van der Waals surface area contributed by atoms with Crippen molar-refractivity contribution in [1.82, 2.24) is 15.0 Å². The van der Waals surface area contributed by atoms with E-state index in [1.165, 1.54) is 18.0 Å². The van der Waals surface area contributed by atoms with E-state index < -0.39 is 0 Å². The van der Waals surface area contributed by atoms with Gasteiger partial charge in [0.2, 0.25) is 5.91 Å². The first-order valence-corrected chi connectivity index (χ1v) is 10.2. The van der Waals surface area contributed by atoms with Crippen molar-refractivity contribution >= 4 is 93.9 Å². The molecule has 1 aromatic carbocycles. The Labute approximate surface area is 171 Å². The molecular weight excluding hydrogens is 547 g/mol. The monoisotopic (exact) mass is 552 g/mol. The fourth-order valence-electron chi connectivity index (χ4n) is 1.89. The number of anilines is 1. The van der Waals surface area contributed by atoms with Gasteiger partial charge in [-0.3, -0.25) is 4.79 Å². The second-order valence-electron chi connectivity index (χ2n) is 4.65. The van der Waals surface area contributed by atoms with Gasteiger partial charge in [0.15, 0.2) is 10.8 Å². The van der Waals surface area contributed by atoms with E-state index in [2.05, 4.69) is 68.1 Å². The van der Waals surface area contributed by atoms with Crippen LogP contribution in [0, 0.1) is 0 Å². The largest absolute Gasteiger partial charge is 0.331 e. The summed E-state index contributed by atoms with van der Waals surface area (Å²) in [6, 6.07) is 5.47. The number of hydrogen-bond acceptors (Lipinski definition) is 4. The minimum atomic E-state index is -0.143. The van der Waals surface area contributed by atoms with E-state index in [4.69, 9.17) is 11.6 Å². The molecule has 3 aromatic rings. The molecule has 2 heterocycles. The fourth-order valence-corrected chi connectivity index (χ4v) is 5.18. The Morgan fingerprint density at radius 2 is 1.96 bits per heavy atom. The number of fused-ring (bicyclic) bond motifs is 1. The summed E-state index contributed by atoms with van der Waals surface area (Å²) in [6.45, 7) is 0. The highest BCUT2D eigenvalue weighted by Gasteiger charge is 2.12. The molecule has 0 unspecified atom stereocenters. The number of halogens is 4. The number of amides is 1. The number of rotatable bonds is 4. The average molecular weight is 555 g/mol. The first-order chi connectivity index (χ1) is 11.4. The van der Waals surface area contributed by atoms with Crippen LogP contribution in [-0.2, 0) is 4.79 Å². The third-order valence-corrected chi connectivity index (χ3v) is 5.68. The molecule has 0 aliphatic heterocycles. The number of aromatic nitrogens is 3. The Morgan fingerprint density at radius 1 is 1.25 bits per heavy atom. The molecule has 0 saturated heterocycles. The first kappa shape index (κ1) is 18.2. The van der Waals surface area contributed by atoms with E-state index in [-0.39, 0.29) is 11.7 Å². The number of nitrogens with zero attached hydrogens (tertiary/aromatic N) is 2. The summed E-state index contributed by atoms with van der Waals surface area (Å²) < 4.78 is 2.47. The third-order valence-electron chi connectivity index (χ3n) is 2.89. The van der Waals surface area contributed by atoms with Crippen molar-refractivity contribution in [2.75, 3.05) is 11.1 Å². The smallest absolute Gasteiger partial charge is 0.234 e. The van der Waals surface area contributed by atoms with Gasteiger partial charge in [-0.15, -0.1) is 0 Å². The number of aromatic amines is 1. The van der Waals surface area contributed by atoms with E-state index in [1.54, 1.807) is 6.07 Å². The molecule has 5 nitrogen and oxygen atoms in total. The first-order valence-electron chi connectivity index (χ1n) is 6.51. The number of carbonyl (C=O) groups excluding carboxylic acids is 1. The molecule has 124 valence electrons. The van der Waals surface area contributed by atoms with Crippen molar-refractivity contribution in [2.24, 2.45) is 0 Å². The van der Waals surface area contributed by atoms with Gasteiger partial charge in [0.05, 0.1) is 22.0 Å². The van der Waals surface area contributed by atoms with E-state index in [0.29, 0.717) is 21.5 Å². The summed E-state index contributed by atoms with van der Waals surface area (Å²) in [5.74, 6) is 0.0675. The number of benzene rings is 1. The molecule has 0 radical (unpaired) electrons. The minimum absolute atomic E-state index is 0.143. The van der Waals surface area contributed by atoms with Crippen LogP contribution < -0.4 is 5.32 Å². The van der Waals surface area contributed by atoms with Crippen molar-refractivity contribution in [3.8, 4) is 0 Å². The van der Waals surface area contributed by atoms with Crippen molar-refractivity contribution in [3.05, 3.63) is 42.8 Å². The van der Waals surface area contributed by atoms with E-state index in [9.17, 15) is 4.79 Å². The minimum Gasteiger partial charge on any atom is -0.331 e. The lowest BCUT2D eigenvalue weighted by Crippen LogP contribution is -2.15. The standard InChI is InChI=1S/C14H8Br3ClN4OS/c15-6-1-8(16)12(9(17)2-6)21-11(23)5-24-14-20-10-3-7(18)4-19-13(10)22-14/h1-4H,5H2,(H,21,23)(H,19,20,22). The van der Waals surface area contributed by atoms with Crippen LogP contribution in [-0.4, -0.2) is 26.6 Å². The fraction of sp³-hybridized carbons (Fsp3) is 0.0714. The summed E-state index contributed by atoms with van der Waals surface area (Å²) >= 11 is 17.4. The van der Waals surface area contributed by atoms with Gasteiger partial charge < -0.3 is 10.3 Å². The quantitative estimate of drug-likeness (QED) is 0.410. The lowest BCUT2D eigenvalue weighted by atomic mass is 10.3. The zero-order chi connectivity index (χ0) is 17.3.